The Labute approximate surface area is 189 Å². The van der Waals surface area contributed by atoms with Crippen LogP contribution in [0.15, 0.2) is 48.0 Å². The number of aryl methyl sites for hydroxylation is 1. The molecule has 6 heteroatoms. The fourth-order valence-corrected chi connectivity index (χ4v) is 4.91. The zero-order valence-corrected chi connectivity index (χ0v) is 18.9. The smallest absolute Gasteiger partial charge is 0.492 e. The van der Waals surface area contributed by atoms with E-state index in [-0.39, 0.29) is 24.7 Å². The van der Waals surface area contributed by atoms with Gasteiger partial charge in [-0.3, -0.25) is 4.79 Å². The Morgan fingerprint density at radius 1 is 1.06 bits per heavy atom. The molecule has 1 saturated heterocycles. The monoisotopic (exact) mass is 432 g/mol. The molecule has 0 saturated carbocycles. The molecule has 1 aliphatic carbocycles. The molecule has 5 nitrogen and oxygen atoms in total. The van der Waals surface area contributed by atoms with Crippen LogP contribution in [0.5, 0.6) is 0 Å². The fraction of sp³-hybridized carbons (Fsp3) is 0.423. The predicted molar refractivity (Wildman–Crippen MR) is 123 cm³/mol. The van der Waals surface area contributed by atoms with Gasteiger partial charge in [-0.25, -0.2) is 0 Å². The molecule has 2 heterocycles. The molecular formula is C26H29BO5. The Morgan fingerprint density at radius 3 is 2.50 bits per heavy atom. The topological polar surface area (TPSA) is 65.0 Å². The molecule has 166 valence electrons. The molecule has 1 fully saturated rings. The van der Waals surface area contributed by atoms with Crippen LogP contribution >= 0.6 is 0 Å². The van der Waals surface area contributed by atoms with E-state index in [0.29, 0.717) is 43.1 Å². The second kappa shape index (κ2) is 7.87. The number of benzene rings is 2. The lowest BCUT2D eigenvalue weighted by atomic mass is 9.69. The molecule has 0 spiro atoms. The molecule has 1 N–H and O–H groups in total. The van der Waals surface area contributed by atoms with Crippen molar-refractivity contribution >= 4 is 24.1 Å². The summed E-state index contributed by atoms with van der Waals surface area (Å²) in [6.07, 6.45) is 1.69. The van der Waals surface area contributed by atoms with Crippen molar-refractivity contribution in [2.24, 2.45) is 5.41 Å². The molecule has 0 amide bonds. The third-order valence-corrected chi connectivity index (χ3v) is 6.59. The molecule has 2 aromatic carbocycles. The van der Waals surface area contributed by atoms with Gasteiger partial charge in [-0.15, -0.1) is 0 Å². The third kappa shape index (κ3) is 3.70. The van der Waals surface area contributed by atoms with Gasteiger partial charge in [-0.1, -0.05) is 55.8 Å². The van der Waals surface area contributed by atoms with Gasteiger partial charge in [0.2, 0.25) is 0 Å². The lowest BCUT2D eigenvalue weighted by Gasteiger charge is -2.41. The number of carbonyl (C=O) groups is 1. The number of fused-ring (bicyclic) bond motifs is 2. The van der Waals surface area contributed by atoms with Crippen LogP contribution in [0, 0.1) is 12.3 Å². The normalized spacial score (nSPS) is 24.6. The summed E-state index contributed by atoms with van der Waals surface area (Å²) >= 11 is 0. The lowest BCUT2D eigenvalue weighted by Crippen LogP contribution is -2.45. The van der Waals surface area contributed by atoms with Crippen LogP contribution in [-0.4, -0.2) is 37.8 Å². The van der Waals surface area contributed by atoms with Crippen molar-refractivity contribution in [3.63, 3.8) is 0 Å². The molecule has 5 rings (SSSR count). The first kappa shape index (κ1) is 21.4. The summed E-state index contributed by atoms with van der Waals surface area (Å²) in [6, 6.07) is 13.6. The molecule has 0 bridgehead atoms. The largest absolute Gasteiger partial charge is 0.493 e. The minimum absolute atomic E-state index is 0.154. The van der Waals surface area contributed by atoms with Crippen LogP contribution in [-0.2, 0) is 30.9 Å². The van der Waals surface area contributed by atoms with Gasteiger partial charge < -0.3 is 19.2 Å². The van der Waals surface area contributed by atoms with Crippen LogP contribution in [0.2, 0.25) is 0 Å². The first-order valence-electron chi connectivity index (χ1n) is 11.3. The first-order valence-corrected chi connectivity index (χ1v) is 11.3. The highest BCUT2D eigenvalue weighted by Crippen LogP contribution is 2.47. The van der Waals surface area contributed by atoms with Crippen molar-refractivity contribution in [2.75, 3.05) is 19.8 Å². The Balaban J connectivity index is 1.51. The van der Waals surface area contributed by atoms with Gasteiger partial charge in [0.15, 0.2) is 11.4 Å². The van der Waals surface area contributed by atoms with Crippen LogP contribution in [0.25, 0.3) is 5.76 Å². The minimum atomic E-state index is -1.63. The number of ether oxygens (including phenoxy) is 1. The van der Waals surface area contributed by atoms with E-state index in [9.17, 15) is 9.90 Å². The minimum Gasteiger partial charge on any atom is -0.492 e. The molecule has 32 heavy (non-hydrogen) atoms. The summed E-state index contributed by atoms with van der Waals surface area (Å²) in [5.74, 6) is 0.388. The van der Waals surface area contributed by atoms with Crippen molar-refractivity contribution in [1.82, 2.24) is 0 Å². The summed E-state index contributed by atoms with van der Waals surface area (Å²) in [5, 5.41) is 11.9. The standard InChI is InChI=1S/C26H29BO5/c1-17-5-10-22-20(13-17)23-21(15-25(2,3)16-30-23)24(28)26(22,29)14-18-6-8-19(9-7-18)27-31-11-4-12-32-27/h5-10,13,29H,4,11-12,14-16H2,1-3H3. The average Bonchev–Trinajstić information content (AvgIpc) is 2.78. The van der Waals surface area contributed by atoms with Gasteiger partial charge >= 0.3 is 7.12 Å². The highest BCUT2D eigenvalue weighted by Gasteiger charge is 2.49. The van der Waals surface area contributed by atoms with Crippen LogP contribution in [0.3, 0.4) is 0 Å². The van der Waals surface area contributed by atoms with Gasteiger partial charge in [-0.05, 0) is 36.9 Å². The highest BCUT2D eigenvalue weighted by molar-refractivity contribution is 6.61. The number of ketones is 1. The molecule has 2 aliphatic heterocycles. The quantitative estimate of drug-likeness (QED) is 0.755. The van der Waals surface area contributed by atoms with Crippen molar-refractivity contribution in [1.29, 1.82) is 0 Å². The van der Waals surface area contributed by atoms with Gasteiger partial charge in [0.1, 0.15) is 5.76 Å². The van der Waals surface area contributed by atoms with Crippen LogP contribution in [0.4, 0.5) is 0 Å². The molecular weight excluding hydrogens is 403 g/mol. The second-order valence-corrected chi connectivity index (χ2v) is 10.0. The molecule has 1 unspecified atom stereocenters. The third-order valence-electron chi connectivity index (χ3n) is 6.59. The van der Waals surface area contributed by atoms with E-state index in [1.807, 2.05) is 49.4 Å². The Hall–Kier alpha value is -2.41. The number of rotatable bonds is 3. The maximum atomic E-state index is 13.7. The molecule has 0 aromatic heterocycles. The fourth-order valence-electron chi connectivity index (χ4n) is 4.91. The Bertz CT molecular complexity index is 1080. The summed E-state index contributed by atoms with van der Waals surface area (Å²) in [7, 11) is -0.352. The van der Waals surface area contributed by atoms with Crippen molar-refractivity contribution in [3.05, 3.63) is 70.3 Å². The maximum absolute atomic E-state index is 13.7. The van der Waals surface area contributed by atoms with E-state index in [0.717, 1.165) is 28.6 Å². The summed E-state index contributed by atoms with van der Waals surface area (Å²) in [5.41, 5.74) is 3.16. The lowest BCUT2D eigenvalue weighted by molar-refractivity contribution is -0.135. The SMILES string of the molecule is Cc1ccc2c(c1)C1=C(CC(C)(C)CO1)C(=O)C2(O)Cc1ccc(B2OCCCO2)cc1. The van der Waals surface area contributed by atoms with E-state index in [4.69, 9.17) is 14.0 Å². The van der Waals surface area contributed by atoms with Gasteiger partial charge in [0.25, 0.3) is 0 Å². The maximum Gasteiger partial charge on any atom is 0.493 e. The summed E-state index contributed by atoms with van der Waals surface area (Å²) < 4.78 is 17.5. The molecule has 3 aliphatic rings. The molecule has 1 atom stereocenters. The van der Waals surface area contributed by atoms with Gasteiger partial charge in [0, 0.05) is 41.7 Å². The van der Waals surface area contributed by atoms with E-state index >= 15 is 0 Å². The second-order valence-electron chi connectivity index (χ2n) is 10.0. The Morgan fingerprint density at radius 2 is 1.78 bits per heavy atom. The van der Waals surface area contributed by atoms with E-state index in [1.165, 1.54) is 0 Å². The van der Waals surface area contributed by atoms with Crippen molar-refractivity contribution in [2.45, 2.75) is 45.6 Å². The summed E-state index contributed by atoms with van der Waals surface area (Å²) in [4.78, 5) is 13.7. The van der Waals surface area contributed by atoms with E-state index < -0.39 is 5.60 Å². The summed E-state index contributed by atoms with van der Waals surface area (Å²) in [6.45, 7) is 8.11. The molecule has 0 radical (unpaired) electrons. The van der Waals surface area contributed by atoms with Gasteiger partial charge in [0.05, 0.1) is 6.61 Å². The number of hydrogen-bond acceptors (Lipinski definition) is 5. The van der Waals surface area contributed by atoms with Crippen LogP contribution in [0.1, 0.15) is 48.9 Å². The predicted octanol–water partition coefficient (Wildman–Crippen LogP) is 3.30. The first-order chi connectivity index (χ1) is 15.3. The number of Topliss-reactive ketones (excluding diaryl/α,β-unsaturated/α-hetero) is 1. The van der Waals surface area contributed by atoms with Gasteiger partial charge in [-0.2, -0.15) is 0 Å². The van der Waals surface area contributed by atoms with Crippen LogP contribution < -0.4 is 5.46 Å². The molecule has 2 aromatic rings. The number of carbonyl (C=O) groups excluding carboxylic acids is 1. The Kier molecular flexibility index (Phi) is 5.27. The van der Waals surface area contributed by atoms with Crippen molar-refractivity contribution in [3.8, 4) is 0 Å². The highest BCUT2D eigenvalue weighted by atomic mass is 16.6. The zero-order valence-electron chi connectivity index (χ0n) is 18.9. The average molecular weight is 432 g/mol. The number of aliphatic hydroxyl groups is 1. The van der Waals surface area contributed by atoms with Crippen molar-refractivity contribution < 1.29 is 23.9 Å². The zero-order chi connectivity index (χ0) is 22.5. The van der Waals surface area contributed by atoms with E-state index in [2.05, 4.69) is 13.8 Å². The van der Waals surface area contributed by atoms with E-state index in [1.54, 1.807) is 0 Å². The number of hydrogen-bond donors (Lipinski definition) is 1.